The molecule has 1 aromatic heterocycles. The molecule has 0 unspecified atom stereocenters. The van der Waals surface area contributed by atoms with Crippen molar-refractivity contribution in [2.75, 3.05) is 11.9 Å². The van der Waals surface area contributed by atoms with Crippen molar-refractivity contribution >= 4 is 22.4 Å². The zero-order valence-electron chi connectivity index (χ0n) is 11.7. The fourth-order valence-electron chi connectivity index (χ4n) is 2.42. The van der Waals surface area contributed by atoms with E-state index in [9.17, 15) is 9.90 Å². The molecule has 0 radical (unpaired) electrons. The number of rotatable bonds is 3. The lowest BCUT2D eigenvalue weighted by molar-refractivity contribution is -0.117. The van der Waals surface area contributed by atoms with Crippen LogP contribution in [0.1, 0.15) is 12.0 Å². The molecular formula is C15H17N3O2S. The number of aliphatic hydroxyl groups excluding tert-OH is 1. The molecule has 2 atom stereocenters. The molecule has 21 heavy (non-hydrogen) atoms. The minimum Gasteiger partial charge on any atom is -0.392 e. The van der Waals surface area contributed by atoms with Gasteiger partial charge in [0.2, 0.25) is 5.91 Å². The molecular weight excluding hydrogens is 286 g/mol. The van der Waals surface area contributed by atoms with Crippen molar-refractivity contribution in [1.82, 2.24) is 10.3 Å². The molecule has 1 aromatic carbocycles. The van der Waals surface area contributed by atoms with Crippen LogP contribution < -0.4 is 10.6 Å². The second-order valence-electron chi connectivity index (χ2n) is 5.19. The number of nitrogens with zero attached hydrogens (tertiary/aromatic N) is 1. The number of β-amino-alcohol motifs (C(OH)–C–C–N with tert-alkyl or cyclic N) is 1. The standard InChI is InChI=1S/C15H17N3O2S/c1-9-4-2-3-5-11(9)13-8-21-15(17-13)18-14(20)12-6-10(19)7-16-12/h2-5,8,10,12,16,19H,6-7H2,1H3,(H,17,18,20)/t10-,12+/m1/s1. The number of anilines is 1. The predicted molar refractivity (Wildman–Crippen MR) is 83.3 cm³/mol. The van der Waals surface area contributed by atoms with Gasteiger partial charge in [-0.3, -0.25) is 4.79 Å². The SMILES string of the molecule is Cc1ccccc1-c1csc(NC(=O)[C@@H]2C[C@@H](O)CN2)n1. The van der Waals surface area contributed by atoms with Gasteiger partial charge in [-0.1, -0.05) is 24.3 Å². The Morgan fingerprint density at radius 3 is 3.00 bits per heavy atom. The molecule has 5 nitrogen and oxygen atoms in total. The summed E-state index contributed by atoms with van der Waals surface area (Å²) in [5.41, 5.74) is 3.10. The van der Waals surface area contributed by atoms with Crippen molar-refractivity contribution in [2.45, 2.75) is 25.5 Å². The number of aromatic nitrogens is 1. The molecule has 1 aliphatic rings. The number of hydrogen-bond acceptors (Lipinski definition) is 5. The van der Waals surface area contributed by atoms with Crippen molar-refractivity contribution in [3.63, 3.8) is 0 Å². The third kappa shape index (κ3) is 3.12. The van der Waals surface area contributed by atoms with Crippen molar-refractivity contribution in [3.8, 4) is 11.3 Å². The summed E-state index contributed by atoms with van der Waals surface area (Å²) in [5.74, 6) is -0.141. The molecule has 2 aromatic rings. The maximum absolute atomic E-state index is 12.1. The van der Waals surface area contributed by atoms with Gasteiger partial charge in [-0.05, 0) is 18.9 Å². The van der Waals surface area contributed by atoms with E-state index in [2.05, 4.69) is 15.6 Å². The summed E-state index contributed by atoms with van der Waals surface area (Å²) >= 11 is 1.41. The third-order valence-electron chi connectivity index (χ3n) is 3.58. The second kappa shape index (κ2) is 5.93. The Morgan fingerprint density at radius 1 is 1.48 bits per heavy atom. The highest BCUT2D eigenvalue weighted by Gasteiger charge is 2.28. The van der Waals surface area contributed by atoms with Gasteiger partial charge in [0.15, 0.2) is 5.13 Å². The van der Waals surface area contributed by atoms with Crippen LogP contribution in [0.5, 0.6) is 0 Å². The Bertz CT molecular complexity index is 656. The van der Waals surface area contributed by atoms with E-state index >= 15 is 0 Å². The highest BCUT2D eigenvalue weighted by atomic mass is 32.1. The first-order valence-corrected chi connectivity index (χ1v) is 7.75. The van der Waals surface area contributed by atoms with Gasteiger partial charge in [-0.2, -0.15) is 0 Å². The van der Waals surface area contributed by atoms with Gasteiger partial charge in [0.05, 0.1) is 17.8 Å². The molecule has 3 N–H and O–H groups in total. The van der Waals surface area contributed by atoms with E-state index in [0.29, 0.717) is 18.1 Å². The summed E-state index contributed by atoms with van der Waals surface area (Å²) in [6.07, 6.45) is 0.00145. The summed E-state index contributed by atoms with van der Waals surface area (Å²) in [5, 5.41) is 17.8. The van der Waals surface area contributed by atoms with Crippen LogP contribution in [0.15, 0.2) is 29.6 Å². The number of nitrogens with one attached hydrogen (secondary N) is 2. The Hall–Kier alpha value is -1.76. The molecule has 1 aliphatic heterocycles. The molecule has 1 saturated heterocycles. The van der Waals surface area contributed by atoms with E-state index in [1.54, 1.807) is 0 Å². The Kier molecular flexibility index (Phi) is 4.01. The van der Waals surface area contributed by atoms with Crippen LogP contribution >= 0.6 is 11.3 Å². The smallest absolute Gasteiger partial charge is 0.243 e. The summed E-state index contributed by atoms with van der Waals surface area (Å²) in [7, 11) is 0. The van der Waals surface area contributed by atoms with Crippen LogP contribution in [0.3, 0.4) is 0 Å². The van der Waals surface area contributed by atoms with E-state index in [-0.39, 0.29) is 11.9 Å². The van der Waals surface area contributed by atoms with E-state index in [4.69, 9.17) is 0 Å². The summed E-state index contributed by atoms with van der Waals surface area (Å²) in [6.45, 7) is 2.50. The largest absolute Gasteiger partial charge is 0.392 e. The average molecular weight is 303 g/mol. The maximum atomic E-state index is 12.1. The zero-order chi connectivity index (χ0) is 14.8. The Balaban J connectivity index is 1.71. The highest BCUT2D eigenvalue weighted by molar-refractivity contribution is 7.14. The van der Waals surface area contributed by atoms with Crippen molar-refractivity contribution in [3.05, 3.63) is 35.2 Å². The summed E-state index contributed by atoms with van der Waals surface area (Å²) in [6, 6.07) is 7.68. The number of hydrogen-bond donors (Lipinski definition) is 3. The van der Waals surface area contributed by atoms with E-state index in [0.717, 1.165) is 16.8 Å². The molecule has 0 saturated carbocycles. The van der Waals surface area contributed by atoms with Gasteiger partial charge in [0.25, 0.3) is 0 Å². The molecule has 6 heteroatoms. The van der Waals surface area contributed by atoms with Gasteiger partial charge in [-0.25, -0.2) is 4.98 Å². The van der Waals surface area contributed by atoms with Gasteiger partial charge in [-0.15, -0.1) is 11.3 Å². The van der Waals surface area contributed by atoms with Crippen molar-refractivity contribution in [2.24, 2.45) is 0 Å². The quantitative estimate of drug-likeness (QED) is 0.808. The third-order valence-corrected chi connectivity index (χ3v) is 4.34. The normalized spacial score (nSPS) is 21.4. The van der Waals surface area contributed by atoms with Crippen LogP contribution in [-0.2, 0) is 4.79 Å². The Morgan fingerprint density at radius 2 is 2.29 bits per heavy atom. The summed E-state index contributed by atoms with van der Waals surface area (Å²) in [4.78, 5) is 16.5. The fraction of sp³-hybridized carbons (Fsp3) is 0.333. The van der Waals surface area contributed by atoms with Crippen LogP contribution in [0.2, 0.25) is 0 Å². The Labute approximate surface area is 127 Å². The molecule has 2 heterocycles. The monoisotopic (exact) mass is 303 g/mol. The van der Waals surface area contributed by atoms with E-state index < -0.39 is 6.10 Å². The van der Waals surface area contributed by atoms with Gasteiger partial charge in [0, 0.05) is 17.5 Å². The van der Waals surface area contributed by atoms with Crippen LogP contribution in [-0.4, -0.2) is 34.7 Å². The predicted octanol–water partition coefficient (Wildman–Crippen LogP) is 1.78. The number of aliphatic hydroxyl groups is 1. The number of aryl methyl sites for hydroxylation is 1. The number of amides is 1. The number of thiazole rings is 1. The van der Waals surface area contributed by atoms with Gasteiger partial charge < -0.3 is 15.7 Å². The average Bonchev–Trinajstić information content (AvgIpc) is 3.08. The first-order chi connectivity index (χ1) is 10.1. The lowest BCUT2D eigenvalue weighted by Gasteiger charge is -2.08. The van der Waals surface area contributed by atoms with Crippen molar-refractivity contribution < 1.29 is 9.90 Å². The van der Waals surface area contributed by atoms with Crippen LogP contribution in [0, 0.1) is 6.92 Å². The zero-order valence-corrected chi connectivity index (χ0v) is 12.5. The molecule has 0 aliphatic carbocycles. The van der Waals surface area contributed by atoms with Gasteiger partial charge >= 0.3 is 0 Å². The topological polar surface area (TPSA) is 74.2 Å². The molecule has 3 rings (SSSR count). The molecule has 1 fully saturated rings. The first-order valence-electron chi connectivity index (χ1n) is 6.87. The lowest BCUT2D eigenvalue weighted by atomic mass is 10.1. The molecule has 110 valence electrons. The van der Waals surface area contributed by atoms with Gasteiger partial charge in [0.1, 0.15) is 0 Å². The van der Waals surface area contributed by atoms with E-state index in [1.807, 2.05) is 36.6 Å². The van der Waals surface area contributed by atoms with Crippen LogP contribution in [0.25, 0.3) is 11.3 Å². The number of carbonyl (C=O) groups excluding carboxylic acids is 1. The number of carbonyl (C=O) groups is 1. The maximum Gasteiger partial charge on any atom is 0.243 e. The first kappa shape index (κ1) is 14.2. The highest BCUT2D eigenvalue weighted by Crippen LogP contribution is 2.27. The molecule has 0 bridgehead atoms. The molecule has 1 amide bonds. The minimum absolute atomic E-state index is 0.141. The van der Waals surface area contributed by atoms with E-state index in [1.165, 1.54) is 11.3 Å². The van der Waals surface area contributed by atoms with Crippen molar-refractivity contribution in [1.29, 1.82) is 0 Å². The second-order valence-corrected chi connectivity index (χ2v) is 6.05. The van der Waals surface area contributed by atoms with Crippen LogP contribution in [0.4, 0.5) is 5.13 Å². The summed E-state index contributed by atoms with van der Waals surface area (Å²) < 4.78 is 0. The lowest BCUT2D eigenvalue weighted by Crippen LogP contribution is -2.35. The fourth-order valence-corrected chi connectivity index (χ4v) is 3.14. The molecule has 0 spiro atoms. The minimum atomic E-state index is -0.445. The number of benzene rings is 1.